The van der Waals surface area contributed by atoms with Crippen molar-refractivity contribution in [3.63, 3.8) is 0 Å². The number of carbonyl (C=O) groups excluding carboxylic acids is 2. The SMILES string of the molecule is CC(=O)Oc1cc2c(c3c1CC1(O3)C(C)CCC3C(C)(C)C(O)CCC31C)COC2=O. The first-order valence-corrected chi connectivity index (χ1v) is 11.4. The minimum Gasteiger partial charge on any atom is -0.485 e. The van der Waals surface area contributed by atoms with E-state index in [0.717, 1.165) is 36.8 Å². The van der Waals surface area contributed by atoms with Crippen LogP contribution < -0.4 is 9.47 Å². The number of ether oxygens (including phenoxy) is 3. The van der Waals surface area contributed by atoms with Gasteiger partial charge >= 0.3 is 11.9 Å². The highest BCUT2D eigenvalue weighted by Crippen LogP contribution is 2.67. The summed E-state index contributed by atoms with van der Waals surface area (Å²) < 4.78 is 17.8. The first-order valence-electron chi connectivity index (χ1n) is 11.4. The molecule has 0 amide bonds. The number of carbonyl (C=O) groups is 2. The molecule has 0 aromatic heterocycles. The van der Waals surface area contributed by atoms with Crippen LogP contribution in [0.5, 0.6) is 11.5 Å². The zero-order valence-corrected chi connectivity index (χ0v) is 19.0. The predicted molar refractivity (Wildman–Crippen MR) is 113 cm³/mol. The van der Waals surface area contributed by atoms with Crippen molar-refractivity contribution in [3.05, 3.63) is 22.8 Å². The number of hydrogen-bond donors (Lipinski definition) is 1. The average molecular weight is 429 g/mol. The fraction of sp³-hybridized carbons (Fsp3) is 0.680. The minimum atomic E-state index is -0.481. The van der Waals surface area contributed by atoms with Crippen molar-refractivity contribution < 1.29 is 28.9 Å². The minimum absolute atomic E-state index is 0.156. The van der Waals surface area contributed by atoms with E-state index < -0.39 is 17.5 Å². The smallest absolute Gasteiger partial charge is 0.339 e. The van der Waals surface area contributed by atoms with E-state index in [-0.39, 0.29) is 29.5 Å². The van der Waals surface area contributed by atoms with Crippen molar-refractivity contribution in [1.29, 1.82) is 0 Å². The summed E-state index contributed by atoms with van der Waals surface area (Å²) >= 11 is 0. The molecule has 2 fully saturated rings. The van der Waals surface area contributed by atoms with Crippen molar-refractivity contribution in [2.24, 2.45) is 22.7 Å². The van der Waals surface area contributed by atoms with Crippen LogP contribution in [0.4, 0.5) is 0 Å². The molecular weight excluding hydrogens is 396 g/mol. The highest BCUT2D eigenvalue weighted by molar-refractivity contribution is 5.95. The maximum Gasteiger partial charge on any atom is 0.339 e. The largest absolute Gasteiger partial charge is 0.485 e. The molecule has 0 bridgehead atoms. The average Bonchev–Trinajstić information content (AvgIpc) is 3.26. The Hall–Kier alpha value is -2.08. The number of aliphatic hydroxyl groups is 1. The standard InChI is InChI=1S/C25H32O6/c1-13-6-7-19-23(3,4)20(27)8-9-24(19,5)25(13)11-16-18(30-14(2)26)10-15-17(21(16)31-25)12-29-22(15)28/h10,13,19-20,27H,6-9,11-12H2,1-5H3. The number of fused-ring (bicyclic) bond motifs is 5. The number of esters is 2. The molecule has 0 saturated heterocycles. The highest BCUT2D eigenvalue weighted by atomic mass is 16.6. The Kier molecular flexibility index (Phi) is 4.34. The lowest BCUT2D eigenvalue weighted by atomic mass is 9.43. The predicted octanol–water partition coefficient (Wildman–Crippen LogP) is 4.19. The molecular formula is C25H32O6. The normalized spacial score (nSPS) is 37.5. The van der Waals surface area contributed by atoms with Crippen LogP contribution in [0.2, 0.25) is 0 Å². The first kappa shape index (κ1) is 20.8. The zero-order chi connectivity index (χ0) is 22.3. The number of cyclic esters (lactones) is 1. The summed E-state index contributed by atoms with van der Waals surface area (Å²) in [7, 11) is 0. The summed E-state index contributed by atoms with van der Waals surface area (Å²) in [5, 5.41) is 10.8. The van der Waals surface area contributed by atoms with E-state index in [4.69, 9.17) is 14.2 Å². The number of benzene rings is 1. The molecule has 31 heavy (non-hydrogen) atoms. The highest BCUT2D eigenvalue weighted by Gasteiger charge is 2.67. The molecule has 5 atom stereocenters. The lowest BCUT2D eigenvalue weighted by Crippen LogP contribution is -2.66. The Morgan fingerprint density at radius 3 is 2.65 bits per heavy atom. The summed E-state index contributed by atoms with van der Waals surface area (Å²) in [5.74, 6) is 0.835. The van der Waals surface area contributed by atoms with Gasteiger partial charge in [-0.15, -0.1) is 0 Å². The second-order valence-electron chi connectivity index (χ2n) is 10.9. The lowest BCUT2D eigenvalue weighted by Gasteiger charge is -2.64. The van der Waals surface area contributed by atoms with Crippen LogP contribution in [0.15, 0.2) is 6.07 Å². The first-order chi connectivity index (χ1) is 14.5. The third-order valence-electron chi connectivity index (χ3n) is 9.11. The van der Waals surface area contributed by atoms with E-state index in [1.54, 1.807) is 6.07 Å². The Balaban J connectivity index is 1.66. The molecule has 2 aliphatic carbocycles. The Morgan fingerprint density at radius 2 is 1.94 bits per heavy atom. The van der Waals surface area contributed by atoms with Gasteiger partial charge in [-0.2, -0.15) is 0 Å². The third kappa shape index (κ3) is 2.60. The van der Waals surface area contributed by atoms with Gasteiger partial charge in [-0.1, -0.05) is 27.7 Å². The van der Waals surface area contributed by atoms with Crippen LogP contribution in [0.1, 0.15) is 81.8 Å². The Labute approximate surface area is 183 Å². The van der Waals surface area contributed by atoms with Crippen LogP contribution in [0.25, 0.3) is 0 Å². The molecule has 1 N–H and O–H groups in total. The molecule has 6 nitrogen and oxygen atoms in total. The van der Waals surface area contributed by atoms with Gasteiger partial charge in [-0.3, -0.25) is 4.79 Å². The second kappa shape index (κ2) is 6.47. The zero-order valence-electron chi connectivity index (χ0n) is 19.0. The van der Waals surface area contributed by atoms with Gasteiger partial charge in [0.15, 0.2) is 0 Å². The van der Waals surface area contributed by atoms with Crippen molar-refractivity contribution >= 4 is 11.9 Å². The Morgan fingerprint density at radius 1 is 1.19 bits per heavy atom. The van der Waals surface area contributed by atoms with E-state index >= 15 is 0 Å². The van der Waals surface area contributed by atoms with Crippen LogP contribution in [0, 0.1) is 22.7 Å². The fourth-order valence-corrected chi connectivity index (χ4v) is 7.32. The lowest BCUT2D eigenvalue weighted by molar-refractivity contribution is -0.210. The van der Waals surface area contributed by atoms with E-state index in [2.05, 4.69) is 27.7 Å². The summed E-state index contributed by atoms with van der Waals surface area (Å²) in [6.45, 7) is 10.5. The van der Waals surface area contributed by atoms with Crippen molar-refractivity contribution in [2.45, 2.75) is 85.0 Å². The van der Waals surface area contributed by atoms with Gasteiger partial charge in [0.1, 0.15) is 23.7 Å². The molecule has 4 aliphatic rings. The molecule has 5 unspecified atom stereocenters. The van der Waals surface area contributed by atoms with Gasteiger partial charge in [0.25, 0.3) is 0 Å². The Bertz CT molecular complexity index is 981. The van der Waals surface area contributed by atoms with Crippen LogP contribution in [-0.2, 0) is 22.6 Å². The summed E-state index contributed by atoms with van der Waals surface area (Å²) in [6.07, 6.45) is 3.98. The summed E-state index contributed by atoms with van der Waals surface area (Å²) in [6, 6.07) is 1.65. The van der Waals surface area contributed by atoms with E-state index in [1.807, 2.05) is 0 Å². The second-order valence-corrected chi connectivity index (χ2v) is 10.9. The van der Waals surface area contributed by atoms with E-state index in [0.29, 0.717) is 29.4 Å². The van der Waals surface area contributed by atoms with Gasteiger partial charge in [0.2, 0.25) is 0 Å². The molecule has 5 rings (SSSR count). The summed E-state index contributed by atoms with van der Waals surface area (Å²) in [4.78, 5) is 24.1. The number of aliphatic hydroxyl groups excluding tert-OH is 1. The monoisotopic (exact) mass is 428 g/mol. The maximum absolute atomic E-state index is 12.3. The molecule has 2 saturated carbocycles. The molecule has 1 aromatic rings. The van der Waals surface area contributed by atoms with Gasteiger partial charge in [0, 0.05) is 29.9 Å². The third-order valence-corrected chi connectivity index (χ3v) is 9.11. The van der Waals surface area contributed by atoms with Crippen molar-refractivity contribution in [3.8, 4) is 11.5 Å². The van der Waals surface area contributed by atoms with Gasteiger partial charge in [0.05, 0.1) is 11.7 Å². The van der Waals surface area contributed by atoms with Gasteiger partial charge in [-0.05, 0) is 49.0 Å². The van der Waals surface area contributed by atoms with Crippen LogP contribution in [-0.4, -0.2) is 28.8 Å². The van der Waals surface area contributed by atoms with Crippen molar-refractivity contribution in [1.82, 2.24) is 0 Å². The summed E-state index contributed by atoms with van der Waals surface area (Å²) in [5.41, 5.74) is 1.21. The van der Waals surface area contributed by atoms with Crippen molar-refractivity contribution in [2.75, 3.05) is 0 Å². The molecule has 2 heterocycles. The number of rotatable bonds is 1. The van der Waals surface area contributed by atoms with E-state index in [1.165, 1.54) is 6.92 Å². The van der Waals surface area contributed by atoms with E-state index in [9.17, 15) is 14.7 Å². The molecule has 1 spiro atoms. The molecule has 2 aliphatic heterocycles. The number of hydrogen-bond acceptors (Lipinski definition) is 6. The van der Waals surface area contributed by atoms with Gasteiger partial charge in [-0.25, -0.2) is 4.79 Å². The maximum atomic E-state index is 12.3. The fourth-order valence-electron chi connectivity index (χ4n) is 7.32. The molecule has 168 valence electrons. The van der Waals surface area contributed by atoms with Crippen LogP contribution in [0.3, 0.4) is 0 Å². The molecule has 1 aromatic carbocycles. The molecule has 6 heteroatoms. The van der Waals surface area contributed by atoms with Gasteiger partial charge < -0.3 is 19.3 Å². The quantitative estimate of drug-likeness (QED) is 0.534. The van der Waals surface area contributed by atoms with Crippen LogP contribution >= 0.6 is 0 Å². The molecule has 0 radical (unpaired) electrons. The topological polar surface area (TPSA) is 82.1 Å².